The van der Waals surface area contributed by atoms with Crippen LogP contribution >= 0.6 is 0 Å². The molecule has 2 aromatic carbocycles. The Labute approximate surface area is 110 Å². The molecule has 0 bridgehead atoms. The van der Waals surface area contributed by atoms with Crippen molar-refractivity contribution in [2.24, 2.45) is 5.73 Å². The summed E-state index contributed by atoms with van der Waals surface area (Å²) in [4.78, 5) is 0. The first-order chi connectivity index (χ1) is 9.10. The number of nitrogens with two attached hydrogens (primary N) is 1. The van der Waals surface area contributed by atoms with Crippen LogP contribution in [0.4, 0.5) is 8.78 Å². The lowest BCUT2D eigenvalue weighted by molar-refractivity contribution is 0.301. The van der Waals surface area contributed by atoms with Crippen LogP contribution in [0, 0.1) is 18.6 Å². The van der Waals surface area contributed by atoms with Gasteiger partial charge in [0.2, 0.25) is 0 Å². The van der Waals surface area contributed by atoms with E-state index in [1.54, 1.807) is 19.1 Å². The Bertz CT molecular complexity index is 584. The predicted molar refractivity (Wildman–Crippen MR) is 69.8 cm³/mol. The lowest BCUT2D eigenvalue weighted by Gasteiger charge is -2.12. The topological polar surface area (TPSA) is 35.2 Å². The first-order valence-electron chi connectivity index (χ1n) is 5.96. The highest BCUT2D eigenvalue weighted by Crippen LogP contribution is 2.21. The van der Waals surface area contributed by atoms with Crippen LogP contribution in [0.1, 0.15) is 16.7 Å². The van der Waals surface area contributed by atoms with Gasteiger partial charge in [0.1, 0.15) is 24.0 Å². The van der Waals surface area contributed by atoms with Gasteiger partial charge in [-0.25, -0.2) is 8.78 Å². The maximum Gasteiger partial charge on any atom is 0.123 e. The van der Waals surface area contributed by atoms with Gasteiger partial charge in [0.05, 0.1) is 0 Å². The maximum absolute atomic E-state index is 13.2. The molecule has 2 nitrogen and oxygen atoms in total. The summed E-state index contributed by atoms with van der Waals surface area (Å²) in [6, 6.07) is 8.70. The molecule has 2 rings (SSSR count). The molecule has 19 heavy (non-hydrogen) atoms. The van der Waals surface area contributed by atoms with Crippen LogP contribution in [-0.4, -0.2) is 0 Å². The van der Waals surface area contributed by atoms with Crippen molar-refractivity contribution in [3.8, 4) is 5.75 Å². The molecular formula is C15H15F2NO. The van der Waals surface area contributed by atoms with Crippen LogP contribution in [0.5, 0.6) is 5.75 Å². The van der Waals surface area contributed by atoms with E-state index in [4.69, 9.17) is 10.5 Å². The van der Waals surface area contributed by atoms with E-state index in [0.29, 0.717) is 23.4 Å². The largest absolute Gasteiger partial charge is 0.489 e. The van der Waals surface area contributed by atoms with E-state index in [-0.39, 0.29) is 18.2 Å². The molecule has 2 aromatic rings. The van der Waals surface area contributed by atoms with Gasteiger partial charge in [-0.3, -0.25) is 0 Å². The first kappa shape index (κ1) is 13.5. The van der Waals surface area contributed by atoms with Gasteiger partial charge >= 0.3 is 0 Å². The van der Waals surface area contributed by atoms with Gasteiger partial charge in [0.25, 0.3) is 0 Å². The fourth-order valence-corrected chi connectivity index (χ4v) is 1.86. The molecule has 100 valence electrons. The van der Waals surface area contributed by atoms with Crippen molar-refractivity contribution in [1.29, 1.82) is 0 Å². The molecule has 0 fully saturated rings. The van der Waals surface area contributed by atoms with E-state index < -0.39 is 0 Å². The summed E-state index contributed by atoms with van der Waals surface area (Å²) in [5.41, 5.74) is 7.83. The highest BCUT2D eigenvalue weighted by atomic mass is 19.1. The Balaban J connectivity index is 2.16. The molecule has 0 aromatic heterocycles. The van der Waals surface area contributed by atoms with Crippen molar-refractivity contribution in [2.75, 3.05) is 0 Å². The van der Waals surface area contributed by atoms with Crippen molar-refractivity contribution >= 4 is 0 Å². The highest BCUT2D eigenvalue weighted by molar-refractivity contribution is 5.34. The van der Waals surface area contributed by atoms with Crippen LogP contribution in [-0.2, 0) is 13.2 Å². The summed E-state index contributed by atoms with van der Waals surface area (Å²) in [6.45, 7) is 2.28. The minimum Gasteiger partial charge on any atom is -0.489 e. The second-order valence-electron chi connectivity index (χ2n) is 4.32. The Morgan fingerprint density at radius 3 is 2.37 bits per heavy atom. The summed E-state index contributed by atoms with van der Waals surface area (Å²) in [6.07, 6.45) is 0. The van der Waals surface area contributed by atoms with Crippen molar-refractivity contribution in [3.05, 3.63) is 64.7 Å². The predicted octanol–water partition coefficient (Wildman–Crippen LogP) is 3.31. The van der Waals surface area contributed by atoms with Crippen LogP contribution in [0.25, 0.3) is 0 Å². The first-order valence-corrected chi connectivity index (χ1v) is 5.96. The average Bonchev–Trinajstić information content (AvgIpc) is 2.38. The van der Waals surface area contributed by atoms with Gasteiger partial charge in [-0.1, -0.05) is 6.07 Å². The SMILES string of the molecule is Cc1cc(F)ccc1OCc1cc(F)ccc1CN. The number of hydrogen-bond donors (Lipinski definition) is 1. The molecular weight excluding hydrogens is 248 g/mol. The third-order valence-electron chi connectivity index (χ3n) is 2.91. The standard InChI is InChI=1S/C15H15F2NO/c1-10-6-13(16)4-5-15(10)19-9-12-7-14(17)3-2-11(12)8-18/h2-7H,8-9,18H2,1H3. The molecule has 2 N–H and O–H groups in total. The van der Waals surface area contributed by atoms with E-state index in [1.807, 2.05) is 0 Å². The number of rotatable bonds is 4. The zero-order valence-corrected chi connectivity index (χ0v) is 10.6. The van der Waals surface area contributed by atoms with E-state index in [2.05, 4.69) is 0 Å². The van der Waals surface area contributed by atoms with Crippen LogP contribution in [0.2, 0.25) is 0 Å². The van der Waals surface area contributed by atoms with Crippen LogP contribution < -0.4 is 10.5 Å². The van der Waals surface area contributed by atoms with E-state index in [0.717, 1.165) is 5.56 Å². The van der Waals surface area contributed by atoms with Gasteiger partial charge < -0.3 is 10.5 Å². The fraction of sp³-hybridized carbons (Fsp3) is 0.200. The van der Waals surface area contributed by atoms with Crippen molar-refractivity contribution < 1.29 is 13.5 Å². The molecule has 0 aliphatic heterocycles. The summed E-state index contributed by atoms with van der Waals surface area (Å²) in [5.74, 6) is -0.0569. The highest BCUT2D eigenvalue weighted by Gasteiger charge is 2.06. The van der Waals surface area contributed by atoms with E-state index in [9.17, 15) is 8.78 Å². The van der Waals surface area contributed by atoms with Gasteiger partial charge in [0, 0.05) is 6.54 Å². The molecule has 0 heterocycles. The number of ether oxygens (including phenoxy) is 1. The fourth-order valence-electron chi connectivity index (χ4n) is 1.86. The Kier molecular flexibility index (Phi) is 4.12. The molecule has 0 saturated carbocycles. The van der Waals surface area contributed by atoms with Gasteiger partial charge in [-0.15, -0.1) is 0 Å². The molecule has 0 aliphatic rings. The summed E-state index contributed by atoms with van der Waals surface area (Å²) < 4.78 is 31.7. The normalized spacial score (nSPS) is 10.5. The molecule has 0 spiro atoms. The summed E-state index contributed by atoms with van der Waals surface area (Å²) in [5, 5.41) is 0. The number of aryl methyl sites for hydroxylation is 1. The second-order valence-corrected chi connectivity index (χ2v) is 4.32. The second kappa shape index (κ2) is 5.80. The van der Waals surface area contributed by atoms with Crippen molar-refractivity contribution in [3.63, 3.8) is 0 Å². The van der Waals surface area contributed by atoms with Crippen LogP contribution in [0.3, 0.4) is 0 Å². The minimum absolute atomic E-state index is 0.205. The smallest absolute Gasteiger partial charge is 0.123 e. The quantitative estimate of drug-likeness (QED) is 0.918. The number of halogens is 2. The minimum atomic E-state index is -0.327. The average molecular weight is 263 g/mol. The summed E-state index contributed by atoms with van der Waals surface area (Å²) in [7, 11) is 0. The number of hydrogen-bond acceptors (Lipinski definition) is 2. The van der Waals surface area contributed by atoms with E-state index >= 15 is 0 Å². The lowest BCUT2D eigenvalue weighted by atomic mass is 10.1. The van der Waals surface area contributed by atoms with Gasteiger partial charge in [0.15, 0.2) is 0 Å². The van der Waals surface area contributed by atoms with Gasteiger partial charge in [-0.05, 0) is 53.9 Å². The van der Waals surface area contributed by atoms with Crippen LogP contribution in [0.15, 0.2) is 36.4 Å². The lowest BCUT2D eigenvalue weighted by Crippen LogP contribution is -2.05. The molecule has 0 radical (unpaired) electrons. The third-order valence-corrected chi connectivity index (χ3v) is 2.91. The van der Waals surface area contributed by atoms with Crippen molar-refractivity contribution in [1.82, 2.24) is 0 Å². The summed E-state index contributed by atoms with van der Waals surface area (Å²) >= 11 is 0. The van der Waals surface area contributed by atoms with E-state index in [1.165, 1.54) is 24.3 Å². The Morgan fingerprint density at radius 1 is 1.00 bits per heavy atom. The Hall–Kier alpha value is -1.94. The zero-order valence-electron chi connectivity index (χ0n) is 10.6. The molecule has 0 atom stereocenters. The zero-order chi connectivity index (χ0) is 13.8. The van der Waals surface area contributed by atoms with Crippen molar-refractivity contribution in [2.45, 2.75) is 20.1 Å². The van der Waals surface area contributed by atoms with Gasteiger partial charge in [-0.2, -0.15) is 0 Å². The maximum atomic E-state index is 13.2. The monoisotopic (exact) mass is 263 g/mol. The molecule has 0 aliphatic carbocycles. The molecule has 0 saturated heterocycles. The number of benzene rings is 2. The molecule has 0 unspecified atom stereocenters. The molecule has 0 amide bonds. The Morgan fingerprint density at radius 2 is 1.68 bits per heavy atom. The third kappa shape index (κ3) is 3.29. The molecule has 4 heteroatoms.